The molecule has 0 amide bonds. The van der Waals surface area contributed by atoms with E-state index in [4.69, 9.17) is 21.1 Å². The first kappa shape index (κ1) is 27.8. The lowest BCUT2D eigenvalue weighted by molar-refractivity contribution is -0.136. The number of aromatic nitrogens is 2. The zero-order valence-electron chi connectivity index (χ0n) is 23.6. The van der Waals surface area contributed by atoms with Gasteiger partial charge >= 0.3 is 5.97 Å². The number of para-hydroxylation sites is 1. The third-order valence-electron chi connectivity index (χ3n) is 7.65. The number of methoxy groups -OCH3 is 2. The predicted molar refractivity (Wildman–Crippen MR) is 166 cm³/mol. The van der Waals surface area contributed by atoms with Crippen LogP contribution in [0.2, 0.25) is 5.02 Å². The van der Waals surface area contributed by atoms with E-state index in [9.17, 15) is 9.59 Å². The Morgan fingerprint density at radius 3 is 2.52 bits per heavy atom. The quantitative estimate of drug-likeness (QED) is 0.246. The van der Waals surface area contributed by atoms with Crippen molar-refractivity contribution in [2.75, 3.05) is 14.2 Å². The van der Waals surface area contributed by atoms with E-state index in [2.05, 4.69) is 40.7 Å². The SMILES string of the molecule is COC(=O)C1=C(C)N=c2s/c(=C\c3c(C)n(Cc4ccccc4)c4ccccc34)c(=O)n2[C@H]1c1cc(Cl)ccc1OC. The molecule has 0 aliphatic carbocycles. The van der Waals surface area contributed by atoms with Crippen LogP contribution in [-0.4, -0.2) is 29.3 Å². The van der Waals surface area contributed by atoms with E-state index >= 15 is 0 Å². The molecule has 0 saturated carbocycles. The molecule has 5 aromatic rings. The number of hydrogen-bond donors (Lipinski definition) is 0. The lowest BCUT2D eigenvalue weighted by Crippen LogP contribution is -2.40. The van der Waals surface area contributed by atoms with Crippen molar-refractivity contribution in [2.24, 2.45) is 4.99 Å². The summed E-state index contributed by atoms with van der Waals surface area (Å²) in [6.07, 6.45) is 1.94. The molecule has 3 aromatic carbocycles. The number of fused-ring (bicyclic) bond motifs is 2. The lowest BCUT2D eigenvalue weighted by atomic mass is 9.95. The Labute approximate surface area is 251 Å². The van der Waals surface area contributed by atoms with Gasteiger partial charge in [-0.15, -0.1) is 0 Å². The number of allylic oxidation sites excluding steroid dienone is 1. The van der Waals surface area contributed by atoms with Crippen LogP contribution >= 0.6 is 22.9 Å². The average Bonchev–Trinajstić information content (AvgIpc) is 3.45. The van der Waals surface area contributed by atoms with Gasteiger partial charge < -0.3 is 14.0 Å². The van der Waals surface area contributed by atoms with Gasteiger partial charge in [0, 0.05) is 39.3 Å². The van der Waals surface area contributed by atoms with Gasteiger partial charge in [0.05, 0.1) is 30.0 Å². The molecule has 0 saturated heterocycles. The largest absolute Gasteiger partial charge is 0.496 e. The van der Waals surface area contributed by atoms with Crippen molar-refractivity contribution >= 4 is 45.9 Å². The number of halogens is 1. The van der Waals surface area contributed by atoms with Gasteiger partial charge in [0.25, 0.3) is 5.56 Å². The Morgan fingerprint density at radius 1 is 1.05 bits per heavy atom. The maximum atomic E-state index is 14.2. The van der Waals surface area contributed by atoms with E-state index in [1.165, 1.54) is 24.0 Å². The Kier molecular flexibility index (Phi) is 7.35. The minimum atomic E-state index is -0.829. The Hall–Kier alpha value is -4.40. The van der Waals surface area contributed by atoms with Gasteiger partial charge in [0.2, 0.25) is 0 Å². The topological polar surface area (TPSA) is 74.8 Å². The van der Waals surface area contributed by atoms with Crippen molar-refractivity contribution in [2.45, 2.75) is 26.4 Å². The Bertz CT molecular complexity index is 2070. The number of hydrogen-bond acceptors (Lipinski definition) is 6. The van der Waals surface area contributed by atoms with Crippen LogP contribution in [0.5, 0.6) is 5.75 Å². The van der Waals surface area contributed by atoms with Crippen LogP contribution in [0.15, 0.2) is 93.9 Å². The van der Waals surface area contributed by atoms with Crippen LogP contribution in [0.4, 0.5) is 0 Å². The van der Waals surface area contributed by atoms with Gasteiger partial charge in [-0.2, -0.15) is 0 Å². The molecule has 1 aliphatic heterocycles. The first-order chi connectivity index (χ1) is 20.3. The number of esters is 1. The third-order valence-corrected chi connectivity index (χ3v) is 8.87. The molecule has 0 radical (unpaired) electrons. The molecule has 0 fully saturated rings. The second-order valence-corrected chi connectivity index (χ2v) is 11.5. The second-order valence-electron chi connectivity index (χ2n) is 10.0. The van der Waals surface area contributed by atoms with E-state index in [-0.39, 0.29) is 11.1 Å². The summed E-state index contributed by atoms with van der Waals surface area (Å²) >= 11 is 7.69. The summed E-state index contributed by atoms with van der Waals surface area (Å²) in [6, 6.07) is 22.8. The summed E-state index contributed by atoms with van der Waals surface area (Å²) in [4.78, 5) is 32.5. The van der Waals surface area contributed by atoms with Crippen LogP contribution in [0.25, 0.3) is 17.0 Å². The summed E-state index contributed by atoms with van der Waals surface area (Å²) in [5.74, 6) is -0.0766. The normalized spacial score (nSPS) is 15.1. The van der Waals surface area contributed by atoms with Crippen molar-refractivity contribution in [3.8, 4) is 5.75 Å². The highest BCUT2D eigenvalue weighted by atomic mass is 35.5. The highest BCUT2D eigenvalue weighted by Crippen LogP contribution is 2.37. The monoisotopic (exact) mass is 597 g/mol. The number of carbonyl (C=O) groups is 1. The maximum absolute atomic E-state index is 14.2. The van der Waals surface area contributed by atoms with E-state index in [1.54, 1.807) is 36.8 Å². The molecule has 2 aromatic heterocycles. The fourth-order valence-electron chi connectivity index (χ4n) is 5.65. The van der Waals surface area contributed by atoms with Crippen LogP contribution in [-0.2, 0) is 16.1 Å². The van der Waals surface area contributed by atoms with Crippen molar-refractivity contribution in [1.82, 2.24) is 9.13 Å². The molecule has 1 aliphatic rings. The zero-order valence-corrected chi connectivity index (χ0v) is 25.1. The number of nitrogens with zero attached hydrogens (tertiary/aromatic N) is 3. The third kappa shape index (κ3) is 4.66. The molecular weight excluding hydrogens is 570 g/mol. The van der Waals surface area contributed by atoms with Gasteiger partial charge in [-0.1, -0.05) is 71.5 Å². The lowest BCUT2D eigenvalue weighted by Gasteiger charge is -2.25. The summed E-state index contributed by atoms with van der Waals surface area (Å²) in [5, 5.41) is 1.50. The predicted octanol–water partition coefficient (Wildman–Crippen LogP) is 5.38. The van der Waals surface area contributed by atoms with Crippen molar-refractivity contribution < 1.29 is 14.3 Å². The standard InChI is InChI=1S/C33H28ClN3O4S/c1-19-29(32(39)41-4)30(25-16-22(34)14-15-27(25)40-3)37-31(38)28(42-33(37)35-19)17-24-20(2)36(18-21-10-6-5-7-11-21)26-13-9-8-12-23(24)26/h5-17,30H,18H2,1-4H3/b28-17-/t30-/m0/s1. The van der Waals surface area contributed by atoms with E-state index in [0.29, 0.717) is 37.9 Å². The van der Waals surface area contributed by atoms with E-state index < -0.39 is 12.0 Å². The first-order valence-electron chi connectivity index (χ1n) is 13.4. The minimum Gasteiger partial charge on any atom is -0.496 e. The van der Waals surface area contributed by atoms with Crippen LogP contribution in [0, 0.1) is 6.92 Å². The Morgan fingerprint density at radius 2 is 1.79 bits per heavy atom. The number of ether oxygens (including phenoxy) is 2. The fourth-order valence-corrected chi connectivity index (χ4v) is 6.86. The highest BCUT2D eigenvalue weighted by molar-refractivity contribution is 7.07. The van der Waals surface area contributed by atoms with Gasteiger partial charge in [-0.3, -0.25) is 9.36 Å². The number of benzene rings is 3. The van der Waals surface area contributed by atoms with E-state index in [1.807, 2.05) is 36.4 Å². The summed E-state index contributed by atoms with van der Waals surface area (Å²) in [6.45, 7) is 4.53. The van der Waals surface area contributed by atoms with Crippen LogP contribution < -0.4 is 19.6 Å². The molecule has 0 spiro atoms. The molecule has 1 atom stereocenters. The van der Waals surface area contributed by atoms with Crippen LogP contribution in [0.1, 0.15) is 35.3 Å². The van der Waals surface area contributed by atoms with Crippen molar-refractivity contribution in [3.63, 3.8) is 0 Å². The maximum Gasteiger partial charge on any atom is 0.338 e. The molecule has 9 heteroatoms. The van der Waals surface area contributed by atoms with Crippen LogP contribution in [0.3, 0.4) is 0 Å². The number of rotatable bonds is 6. The van der Waals surface area contributed by atoms with Gasteiger partial charge in [0.15, 0.2) is 4.80 Å². The molecule has 42 heavy (non-hydrogen) atoms. The zero-order chi connectivity index (χ0) is 29.5. The molecule has 0 unspecified atom stereocenters. The number of thiazole rings is 1. The molecule has 3 heterocycles. The fraction of sp³-hybridized carbons (Fsp3) is 0.182. The van der Waals surface area contributed by atoms with E-state index in [0.717, 1.165) is 22.2 Å². The molecule has 0 bridgehead atoms. The molecule has 0 N–H and O–H groups in total. The van der Waals surface area contributed by atoms with Crippen molar-refractivity contribution in [1.29, 1.82) is 0 Å². The average molecular weight is 598 g/mol. The molecule has 212 valence electrons. The summed E-state index contributed by atoms with van der Waals surface area (Å²) in [7, 11) is 2.85. The summed E-state index contributed by atoms with van der Waals surface area (Å²) < 4.78 is 15.1. The van der Waals surface area contributed by atoms with Gasteiger partial charge in [-0.05, 0) is 49.8 Å². The number of carbonyl (C=O) groups excluding carboxylic acids is 1. The van der Waals surface area contributed by atoms with Gasteiger partial charge in [-0.25, -0.2) is 9.79 Å². The van der Waals surface area contributed by atoms with Gasteiger partial charge in [0.1, 0.15) is 11.8 Å². The smallest absolute Gasteiger partial charge is 0.338 e. The minimum absolute atomic E-state index is 0.257. The first-order valence-corrected chi connectivity index (χ1v) is 14.6. The van der Waals surface area contributed by atoms with Crippen molar-refractivity contribution in [3.05, 3.63) is 131 Å². The second kappa shape index (κ2) is 11.1. The molecular formula is C33H28ClN3O4S. The summed E-state index contributed by atoms with van der Waals surface area (Å²) in [5.41, 5.74) is 5.32. The Balaban J connectivity index is 1.59. The molecule has 7 nitrogen and oxygen atoms in total. The molecule has 6 rings (SSSR count). The highest BCUT2D eigenvalue weighted by Gasteiger charge is 2.35.